The Kier molecular flexibility index (Phi) is 2.02. The first-order valence-electron chi connectivity index (χ1n) is 2.18. The summed E-state index contributed by atoms with van der Waals surface area (Å²) in [5.41, 5.74) is 0. The summed E-state index contributed by atoms with van der Waals surface area (Å²) in [7, 11) is 1.95. The van der Waals surface area contributed by atoms with Crippen LogP contribution in [0.3, 0.4) is 0 Å². The SMILES string of the molecule is Bc1nnc(CBr)s1. The Balaban J connectivity index is 2.84. The van der Waals surface area contributed by atoms with Gasteiger partial charge in [-0.15, -0.1) is 16.4 Å². The molecular formula is C3H4BBrN2S. The first-order chi connectivity index (χ1) is 3.83. The highest BCUT2D eigenvalue weighted by Gasteiger charge is 1.94. The predicted molar refractivity (Wildman–Crippen MR) is 40.7 cm³/mol. The molecule has 0 amide bonds. The zero-order valence-electron chi connectivity index (χ0n) is 4.39. The Morgan fingerprint density at radius 3 is 2.62 bits per heavy atom. The van der Waals surface area contributed by atoms with E-state index in [2.05, 4.69) is 26.1 Å². The average molecular weight is 191 g/mol. The van der Waals surface area contributed by atoms with E-state index in [1.54, 1.807) is 11.3 Å². The molecule has 5 heteroatoms. The minimum absolute atomic E-state index is 0.818. The topological polar surface area (TPSA) is 25.8 Å². The van der Waals surface area contributed by atoms with Crippen LogP contribution in [0.2, 0.25) is 0 Å². The molecule has 0 bridgehead atoms. The van der Waals surface area contributed by atoms with Gasteiger partial charge in [0.05, 0.1) is 10.2 Å². The molecular weight excluding hydrogens is 187 g/mol. The van der Waals surface area contributed by atoms with Crippen LogP contribution in [0.15, 0.2) is 0 Å². The first kappa shape index (κ1) is 6.23. The number of halogens is 1. The van der Waals surface area contributed by atoms with E-state index in [0.717, 1.165) is 15.2 Å². The van der Waals surface area contributed by atoms with E-state index in [9.17, 15) is 0 Å². The molecule has 1 aromatic rings. The molecule has 42 valence electrons. The number of nitrogens with zero attached hydrogens (tertiary/aromatic N) is 2. The number of alkyl halides is 1. The summed E-state index contributed by atoms with van der Waals surface area (Å²) in [6.45, 7) is 0. The molecule has 0 aliphatic rings. The lowest BCUT2D eigenvalue weighted by Crippen LogP contribution is -1.97. The fraction of sp³-hybridized carbons (Fsp3) is 0.333. The van der Waals surface area contributed by atoms with Crippen molar-refractivity contribution in [3.63, 3.8) is 0 Å². The van der Waals surface area contributed by atoms with E-state index in [1.807, 2.05) is 7.85 Å². The van der Waals surface area contributed by atoms with Crippen molar-refractivity contribution in [2.24, 2.45) is 0 Å². The molecule has 0 aromatic carbocycles. The first-order valence-corrected chi connectivity index (χ1v) is 4.11. The second-order valence-corrected chi connectivity index (χ2v) is 3.18. The van der Waals surface area contributed by atoms with Crippen LogP contribution in [0.4, 0.5) is 0 Å². The Morgan fingerprint density at radius 2 is 2.38 bits per heavy atom. The molecule has 0 atom stereocenters. The summed E-state index contributed by atoms with van der Waals surface area (Å²) in [5, 5.41) is 9.54. The fourth-order valence-electron chi connectivity index (χ4n) is 0.392. The van der Waals surface area contributed by atoms with Gasteiger partial charge in [0, 0.05) is 0 Å². The maximum Gasteiger partial charge on any atom is 0.180 e. The zero-order chi connectivity index (χ0) is 5.98. The van der Waals surface area contributed by atoms with Gasteiger partial charge in [-0.1, -0.05) is 15.9 Å². The van der Waals surface area contributed by atoms with Crippen molar-refractivity contribution in [1.29, 1.82) is 0 Å². The van der Waals surface area contributed by atoms with Gasteiger partial charge >= 0.3 is 0 Å². The second-order valence-electron chi connectivity index (χ2n) is 1.35. The number of hydrogen-bond donors (Lipinski definition) is 0. The minimum Gasteiger partial charge on any atom is -0.155 e. The van der Waals surface area contributed by atoms with Crippen molar-refractivity contribution in [3.8, 4) is 0 Å². The van der Waals surface area contributed by atoms with Crippen LogP contribution >= 0.6 is 27.3 Å². The van der Waals surface area contributed by atoms with Crippen molar-refractivity contribution in [1.82, 2.24) is 10.2 Å². The van der Waals surface area contributed by atoms with Crippen LogP contribution < -0.4 is 4.91 Å². The smallest absolute Gasteiger partial charge is 0.155 e. The van der Waals surface area contributed by atoms with E-state index in [0.29, 0.717) is 0 Å². The molecule has 0 spiro atoms. The van der Waals surface area contributed by atoms with Crippen molar-refractivity contribution >= 4 is 40.0 Å². The largest absolute Gasteiger partial charge is 0.180 e. The molecule has 0 radical (unpaired) electrons. The third kappa shape index (κ3) is 1.29. The highest BCUT2D eigenvalue weighted by atomic mass is 79.9. The maximum atomic E-state index is 3.86. The maximum absolute atomic E-state index is 3.86. The van der Waals surface area contributed by atoms with Gasteiger partial charge in [0.25, 0.3) is 0 Å². The predicted octanol–water partition coefficient (Wildman–Crippen LogP) is -0.309. The molecule has 8 heavy (non-hydrogen) atoms. The normalized spacial score (nSPS) is 9.62. The molecule has 1 heterocycles. The average Bonchev–Trinajstić information content (AvgIpc) is 2.14. The van der Waals surface area contributed by atoms with Gasteiger partial charge in [-0.2, -0.15) is 5.10 Å². The Hall–Kier alpha value is 0.105. The molecule has 0 saturated carbocycles. The third-order valence-electron chi connectivity index (χ3n) is 0.682. The molecule has 0 aliphatic heterocycles. The molecule has 1 aromatic heterocycles. The van der Waals surface area contributed by atoms with Gasteiger partial charge in [-0.25, -0.2) is 0 Å². The van der Waals surface area contributed by atoms with Crippen LogP contribution in [-0.2, 0) is 5.33 Å². The van der Waals surface area contributed by atoms with Gasteiger partial charge < -0.3 is 0 Å². The van der Waals surface area contributed by atoms with Crippen LogP contribution in [0, 0.1) is 0 Å². The molecule has 2 nitrogen and oxygen atoms in total. The highest BCUT2D eigenvalue weighted by molar-refractivity contribution is 9.08. The van der Waals surface area contributed by atoms with Gasteiger partial charge in [0.15, 0.2) is 7.85 Å². The second kappa shape index (κ2) is 2.59. The van der Waals surface area contributed by atoms with Crippen molar-refractivity contribution in [3.05, 3.63) is 5.01 Å². The van der Waals surface area contributed by atoms with E-state index < -0.39 is 0 Å². The summed E-state index contributed by atoms with van der Waals surface area (Å²) >= 11 is 4.90. The Morgan fingerprint density at radius 1 is 1.62 bits per heavy atom. The number of rotatable bonds is 1. The lowest BCUT2D eigenvalue weighted by molar-refractivity contribution is 1.06. The van der Waals surface area contributed by atoms with E-state index >= 15 is 0 Å². The molecule has 0 unspecified atom stereocenters. The third-order valence-corrected chi connectivity index (χ3v) is 2.42. The van der Waals surface area contributed by atoms with Gasteiger partial charge in [-0.05, 0) is 0 Å². The zero-order valence-corrected chi connectivity index (χ0v) is 6.79. The Labute approximate surface area is 60.9 Å². The Bertz CT molecular complexity index is 178. The lowest BCUT2D eigenvalue weighted by Gasteiger charge is -1.74. The van der Waals surface area contributed by atoms with Crippen molar-refractivity contribution in [2.45, 2.75) is 5.33 Å². The van der Waals surface area contributed by atoms with Crippen LogP contribution in [0.25, 0.3) is 0 Å². The fourth-order valence-corrected chi connectivity index (χ4v) is 1.41. The monoisotopic (exact) mass is 190 g/mol. The van der Waals surface area contributed by atoms with Gasteiger partial charge in [0.2, 0.25) is 0 Å². The molecule has 1 rings (SSSR count). The van der Waals surface area contributed by atoms with Gasteiger partial charge in [0.1, 0.15) is 5.01 Å². The summed E-state index contributed by atoms with van der Waals surface area (Å²) in [4.78, 5) is 1.03. The number of aromatic nitrogens is 2. The molecule has 0 saturated heterocycles. The van der Waals surface area contributed by atoms with E-state index in [-0.39, 0.29) is 0 Å². The standard InChI is InChI=1S/C3H4BBrN2S/c4-3-7-6-2(1-5)8-3/h1,4H2. The van der Waals surface area contributed by atoms with Crippen molar-refractivity contribution in [2.75, 3.05) is 0 Å². The van der Waals surface area contributed by atoms with E-state index in [4.69, 9.17) is 0 Å². The molecule has 0 aliphatic carbocycles. The summed E-state index contributed by atoms with van der Waals surface area (Å²) in [5.74, 6) is 0. The van der Waals surface area contributed by atoms with E-state index in [1.165, 1.54) is 0 Å². The molecule has 0 N–H and O–H groups in total. The lowest BCUT2D eigenvalue weighted by atomic mass is 10.2. The summed E-state index contributed by atoms with van der Waals surface area (Å²) < 4.78 is 0. The van der Waals surface area contributed by atoms with Crippen molar-refractivity contribution < 1.29 is 0 Å². The van der Waals surface area contributed by atoms with Crippen LogP contribution in [-0.4, -0.2) is 18.0 Å². The van der Waals surface area contributed by atoms with Crippen LogP contribution in [0.1, 0.15) is 5.01 Å². The van der Waals surface area contributed by atoms with Crippen LogP contribution in [0.5, 0.6) is 0 Å². The number of hydrogen-bond acceptors (Lipinski definition) is 3. The minimum atomic E-state index is 0.818. The quantitative estimate of drug-likeness (QED) is 0.449. The summed E-state index contributed by atoms with van der Waals surface area (Å²) in [6.07, 6.45) is 0. The van der Waals surface area contributed by atoms with Gasteiger partial charge in [-0.3, -0.25) is 0 Å². The highest BCUT2D eigenvalue weighted by Crippen LogP contribution is 2.02. The summed E-state index contributed by atoms with van der Waals surface area (Å²) in [6, 6.07) is 0. The molecule has 0 fully saturated rings.